The molecule has 1 aromatic heterocycles. The van der Waals surface area contributed by atoms with Gasteiger partial charge in [-0.2, -0.15) is 0 Å². The molecule has 150 valence electrons. The molecule has 3 rings (SSSR count). The molecule has 0 radical (unpaired) electrons. The van der Waals surface area contributed by atoms with E-state index in [0.29, 0.717) is 22.8 Å². The first-order valence-electron chi connectivity index (χ1n) is 8.99. The number of hydrogen-bond donors (Lipinski definition) is 3. The molecular weight excluding hydrogens is 388 g/mol. The number of nitrogens with one attached hydrogen (secondary N) is 2. The number of hydrogen-bond acceptors (Lipinski definition) is 5. The largest absolute Gasteiger partial charge is 0.496 e. The zero-order chi connectivity index (χ0) is 21.0. The number of thiocarbonyl (C=S) groups is 1. The Morgan fingerprint density at radius 3 is 2.59 bits per heavy atom. The number of carbonyl (C=O) groups excluding carboxylic acids is 1. The highest BCUT2D eigenvalue weighted by molar-refractivity contribution is 7.80. The van der Waals surface area contributed by atoms with E-state index in [2.05, 4.69) is 10.6 Å². The monoisotopic (exact) mass is 410 g/mol. The minimum atomic E-state index is -0.344. The van der Waals surface area contributed by atoms with Gasteiger partial charge in [-0.05, 0) is 73.6 Å². The summed E-state index contributed by atoms with van der Waals surface area (Å²) in [5, 5.41) is 15.0. The molecule has 0 saturated heterocycles. The summed E-state index contributed by atoms with van der Waals surface area (Å²) in [5.41, 5.74) is 3.90. The van der Waals surface area contributed by atoms with Crippen LogP contribution < -0.4 is 15.4 Å². The van der Waals surface area contributed by atoms with Crippen molar-refractivity contribution in [3.05, 3.63) is 71.0 Å². The molecule has 0 saturated carbocycles. The summed E-state index contributed by atoms with van der Waals surface area (Å²) in [6.45, 7) is 3.68. The van der Waals surface area contributed by atoms with Gasteiger partial charge in [0.05, 0.1) is 12.7 Å². The smallest absolute Gasteiger partial charge is 0.261 e. The zero-order valence-corrected chi connectivity index (χ0v) is 17.2. The Hall–Kier alpha value is -3.16. The Kier molecular flexibility index (Phi) is 6.31. The van der Waals surface area contributed by atoms with Gasteiger partial charge in [-0.25, -0.2) is 0 Å². The first kappa shape index (κ1) is 20.6. The van der Waals surface area contributed by atoms with E-state index in [1.165, 1.54) is 7.11 Å². The number of methoxy groups -OCH3 is 1. The Bertz CT molecular complexity index is 1060. The first-order chi connectivity index (χ1) is 13.9. The van der Waals surface area contributed by atoms with E-state index in [4.69, 9.17) is 26.5 Å². The van der Waals surface area contributed by atoms with E-state index in [0.717, 1.165) is 22.4 Å². The van der Waals surface area contributed by atoms with E-state index in [1.54, 1.807) is 18.2 Å². The topological polar surface area (TPSA) is 83.7 Å². The molecule has 0 spiro atoms. The van der Waals surface area contributed by atoms with Gasteiger partial charge < -0.3 is 19.6 Å². The van der Waals surface area contributed by atoms with Crippen molar-refractivity contribution in [2.75, 3.05) is 12.4 Å². The zero-order valence-electron chi connectivity index (χ0n) is 16.4. The number of aliphatic hydroxyl groups excluding tert-OH is 1. The second-order valence-electron chi connectivity index (χ2n) is 6.52. The molecule has 1 heterocycles. The normalized spacial score (nSPS) is 10.5. The molecule has 0 aliphatic heterocycles. The van der Waals surface area contributed by atoms with Crippen LogP contribution in [0.25, 0.3) is 11.3 Å². The Morgan fingerprint density at radius 1 is 1.14 bits per heavy atom. The van der Waals surface area contributed by atoms with Crippen molar-refractivity contribution >= 4 is 28.9 Å². The number of carbonyl (C=O) groups is 1. The predicted molar refractivity (Wildman–Crippen MR) is 116 cm³/mol. The molecule has 0 bridgehead atoms. The van der Waals surface area contributed by atoms with Crippen LogP contribution >= 0.6 is 12.2 Å². The lowest BCUT2D eigenvalue weighted by molar-refractivity contribution is 0.0974. The number of ether oxygens (including phenoxy) is 1. The Labute approximate surface area is 174 Å². The summed E-state index contributed by atoms with van der Waals surface area (Å²) in [6, 6.07) is 14.6. The Morgan fingerprint density at radius 2 is 1.93 bits per heavy atom. The van der Waals surface area contributed by atoms with Crippen molar-refractivity contribution in [3.8, 4) is 17.1 Å². The van der Waals surface area contributed by atoms with E-state index >= 15 is 0 Å². The number of anilines is 1. The second-order valence-corrected chi connectivity index (χ2v) is 6.93. The highest BCUT2D eigenvalue weighted by atomic mass is 32.1. The number of furan rings is 1. The molecule has 2 aromatic carbocycles. The highest BCUT2D eigenvalue weighted by Gasteiger charge is 2.15. The lowest BCUT2D eigenvalue weighted by Gasteiger charge is -2.14. The number of benzene rings is 2. The van der Waals surface area contributed by atoms with Gasteiger partial charge in [0.15, 0.2) is 5.11 Å². The molecule has 0 aliphatic carbocycles. The van der Waals surface area contributed by atoms with Crippen molar-refractivity contribution < 1.29 is 19.1 Å². The molecule has 7 heteroatoms. The fourth-order valence-electron chi connectivity index (χ4n) is 3.06. The van der Waals surface area contributed by atoms with Gasteiger partial charge in [-0.1, -0.05) is 12.1 Å². The quantitative estimate of drug-likeness (QED) is 0.547. The molecule has 0 atom stereocenters. The van der Waals surface area contributed by atoms with Crippen LogP contribution in [0.3, 0.4) is 0 Å². The van der Waals surface area contributed by atoms with E-state index in [-0.39, 0.29) is 17.6 Å². The SMILES string of the molecule is COc1c(C)cccc1C(=O)NC(=S)Nc1ccc(-c2ccc(CO)o2)c(C)c1. The lowest BCUT2D eigenvalue weighted by atomic mass is 10.1. The molecule has 0 fully saturated rings. The van der Waals surface area contributed by atoms with Crippen molar-refractivity contribution in [1.82, 2.24) is 5.32 Å². The number of aryl methyl sites for hydroxylation is 2. The fraction of sp³-hybridized carbons (Fsp3) is 0.182. The van der Waals surface area contributed by atoms with Gasteiger partial charge in [-0.15, -0.1) is 0 Å². The second kappa shape index (κ2) is 8.89. The molecule has 3 aromatic rings. The van der Waals surface area contributed by atoms with E-state index in [1.807, 2.05) is 44.2 Å². The minimum Gasteiger partial charge on any atom is -0.496 e. The van der Waals surface area contributed by atoms with Crippen LogP contribution in [0.2, 0.25) is 0 Å². The van der Waals surface area contributed by atoms with E-state index < -0.39 is 0 Å². The number of para-hydroxylation sites is 1. The molecular formula is C22H22N2O4S. The Balaban J connectivity index is 1.70. The number of rotatable bonds is 5. The minimum absolute atomic E-state index is 0.140. The van der Waals surface area contributed by atoms with Gasteiger partial charge in [0, 0.05) is 11.3 Å². The molecule has 0 aliphatic rings. The summed E-state index contributed by atoms with van der Waals surface area (Å²) >= 11 is 5.28. The average molecular weight is 410 g/mol. The molecule has 1 amide bonds. The van der Waals surface area contributed by atoms with Crippen LogP contribution in [0.5, 0.6) is 5.75 Å². The third kappa shape index (κ3) is 4.64. The predicted octanol–water partition coefficient (Wildman–Crippen LogP) is 4.19. The van der Waals surface area contributed by atoms with E-state index in [9.17, 15) is 4.79 Å². The maximum Gasteiger partial charge on any atom is 0.261 e. The fourth-order valence-corrected chi connectivity index (χ4v) is 3.27. The first-order valence-corrected chi connectivity index (χ1v) is 9.40. The van der Waals surface area contributed by atoms with Crippen LogP contribution in [0.15, 0.2) is 52.9 Å². The summed E-state index contributed by atoms with van der Waals surface area (Å²) < 4.78 is 10.9. The van der Waals surface area contributed by atoms with Crippen molar-refractivity contribution in [2.24, 2.45) is 0 Å². The summed E-state index contributed by atoms with van der Waals surface area (Å²) in [6.07, 6.45) is 0. The molecule has 3 N–H and O–H groups in total. The summed E-state index contributed by atoms with van der Waals surface area (Å²) in [4.78, 5) is 12.6. The molecule has 0 unspecified atom stereocenters. The standard InChI is InChI=1S/C22H22N2O4S/c1-13-5-4-6-18(20(13)27-3)21(26)24-22(29)23-15-7-9-17(14(2)11-15)19-10-8-16(12-25)28-19/h4-11,25H,12H2,1-3H3,(H2,23,24,26,29). The maximum atomic E-state index is 12.6. The van der Waals surface area contributed by atoms with Crippen LogP contribution in [0, 0.1) is 13.8 Å². The molecule has 6 nitrogen and oxygen atoms in total. The van der Waals surface area contributed by atoms with Gasteiger partial charge in [-0.3, -0.25) is 10.1 Å². The van der Waals surface area contributed by atoms with Crippen molar-refractivity contribution in [3.63, 3.8) is 0 Å². The lowest BCUT2D eigenvalue weighted by Crippen LogP contribution is -2.34. The van der Waals surface area contributed by atoms with Crippen LogP contribution in [0.1, 0.15) is 27.2 Å². The van der Waals surface area contributed by atoms with Crippen LogP contribution in [-0.4, -0.2) is 23.2 Å². The van der Waals surface area contributed by atoms with Gasteiger partial charge in [0.1, 0.15) is 23.9 Å². The summed E-state index contributed by atoms with van der Waals surface area (Å²) in [7, 11) is 1.53. The average Bonchev–Trinajstić information content (AvgIpc) is 3.16. The van der Waals surface area contributed by atoms with Gasteiger partial charge >= 0.3 is 0 Å². The van der Waals surface area contributed by atoms with Crippen LogP contribution in [0.4, 0.5) is 5.69 Å². The van der Waals surface area contributed by atoms with Crippen molar-refractivity contribution in [1.29, 1.82) is 0 Å². The van der Waals surface area contributed by atoms with Gasteiger partial charge in [0.25, 0.3) is 5.91 Å². The number of amides is 1. The van der Waals surface area contributed by atoms with Crippen molar-refractivity contribution in [2.45, 2.75) is 20.5 Å². The summed E-state index contributed by atoms with van der Waals surface area (Å²) in [5.74, 6) is 1.37. The maximum absolute atomic E-state index is 12.6. The number of aliphatic hydroxyl groups is 1. The third-order valence-corrected chi connectivity index (χ3v) is 4.66. The highest BCUT2D eigenvalue weighted by Crippen LogP contribution is 2.28. The van der Waals surface area contributed by atoms with Crippen LogP contribution in [-0.2, 0) is 6.61 Å². The van der Waals surface area contributed by atoms with Gasteiger partial charge in [0.2, 0.25) is 0 Å². The third-order valence-electron chi connectivity index (χ3n) is 4.45. The molecule has 29 heavy (non-hydrogen) atoms.